The highest BCUT2D eigenvalue weighted by molar-refractivity contribution is 5.79. The molecule has 7 heteroatoms. The van der Waals surface area contributed by atoms with Gasteiger partial charge in [-0.15, -0.1) is 0 Å². The lowest BCUT2D eigenvalue weighted by Crippen LogP contribution is -2.37. The van der Waals surface area contributed by atoms with Crippen molar-refractivity contribution in [2.45, 2.75) is 32.9 Å². The maximum atomic E-state index is 13.6. The molecular weight excluding hydrogens is 338 g/mol. The minimum atomic E-state index is -0.481. The van der Waals surface area contributed by atoms with Crippen LogP contribution in [0.4, 0.5) is 8.78 Å². The van der Waals surface area contributed by atoms with Gasteiger partial charge in [0, 0.05) is 37.5 Å². The van der Waals surface area contributed by atoms with Crippen LogP contribution in [0, 0.1) is 11.6 Å². The standard InChI is InChI=1S/C19H24F2N4O/c1-2-22-19(24-14-15-13-16(20)8-9-17(15)21)23-10-4-6-12-25-11-5-3-7-18(25)26/h3,5,7-9,11,13H,2,4,6,10,12,14H2,1H3,(H2,22,23,24). The Bertz CT molecular complexity index is 789. The number of nitrogens with zero attached hydrogens (tertiary/aromatic N) is 2. The first-order chi connectivity index (χ1) is 12.6. The van der Waals surface area contributed by atoms with Crippen molar-refractivity contribution >= 4 is 5.96 Å². The number of hydrogen-bond donors (Lipinski definition) is 2. The molecule has 1 aromatic carbocycles. The fourth-order valence-corrected chi connectivity index (χ4v) is 2.43. The highest BCUT2D eigenvalue weighted by Gasteiger charge is 2.04. The third-order valence-corrected chi connectivity index (χ3v) is 3.78. The van der Waals surface area contributed by atoms with Crippen LogP contribution >= 0.6 is 0 Å². The lowest BCUT2D eigenvalue weighted by Gasteiger charge is -2.12. The van der Waals surface area contributed by atoms with Crippen LogP contribution in [-0.4, -0.2) is 23.6 Å². The van der Waals surface area contributed by atoms with Crippen molar-refractivity contribution in [1.29, 1.82) is 0 Å². The summed E-state index contributed by atoms with van der Waals surface area (Å²) in [4.78, 5) is 15.9. The number of aromatic nitrogens is 1. The van der Waals surface area contributed by atoms with Crippen molar-refractivity contribution in [3.63, 3.8) is 0 Å². The molecule has 0 spiro atoms. The molecule has 0 fully saturated rings. The van der Waals surface area contributed by atoms with Gasteiger partial charge in [0.05, 0.1) is 6.54 Å². The molecule has 0 radical (unpaired) electrons. The molecule has 1 heterocycles. The molecule has 0 atom stereocenters. The summed E-state index contributed by atoms with van der Waals surface area (Å²) >= 11 is 0. The van der Waals surface area contributed by atoms with Crippen LogP contribution in [0.5, 0.6) is 0 Å². The van der Waals surface area contributed by atoms with Crippen LogP contribution in [0.1, 0.15) is 25.3 Å². The number of unbranched alkanes of at least 4 members (excludes halogenated alkanes) is 1. The molecule has 0 unspecified atom stereocenters. The topological polar surface area (TPSA) is 58.4 Å². The molecule has 2 rings (SSSR count). The van der Waals surface area contributed by atoms with Crippen molar-refractivity contribution in [1.82, 2.24) is 15.2 Å². The number of benzene rings is 1. The Balaban J connectivity index is 1.81. The van der Waals surface area contributed by atoms with E-state index >= 15 is 0 Å². The van der Waals surface area contributed by atoms with E-state index < -0.39 is 11.6 Å². The molecule has 0 aliphatic carbocycles. The molecule has 26 heavy (non-hydrogen) atoms. The molecule has 5 nitrogen and oxygen atoms in total. The van der Waals surface area contributed by atoms with Crippen molar-refractivity contribution in [3.8, 4) is 0 Å². The van der Waals surface area contributed by atoms with Gasteiger partial charge >= 0.3 is 0 Å². The number of pyridine rings is 1. The molecule has 1 aromatic heterocycles. The summed E-state index contributed by atoms with van der Waals surface area (Å²) in [5.74, 6) is -0.405. The molecule has 140 valence electrons. The fraction of sp³-hybridized carbons (Fsp3) is 0.368. The zero-order chi connectivity index (χ0) is 18.8. The second-order valence-electron chi connectivity index (χ2n) is 5.80. The van der Waals surface area contributed by atoms with E-state index in [1.165, 1.54) is 0 Å². The number of halogens is 2. The maximum Gasteiger partial charge on any atom is 0.250 e. The molecule has 0 saturated carbocycles. The van der Waals surface area contributed by atoms with Gasteiger partial charge in [-0.25, -0.2) is 13.8 Å². The first kappa shape index (κ1) is 19.6. The fourth-order valence-electron chi connectivity index (χ4n) is 2.43. The van der Waals surface area contributed by atoms with Crippen LogP contribution in [0.25, 0.3) is 0 Å². The number of rotatable bonds is 8. The largest absolute Gasteiger partial charge is 0.357 e. The van der Waals surface area contributed by atoms with Gasteiger partial charge in [0.2, 0.25) is 5.56 Å². The van der Waals surface area contributed by atoms with E-state index in [1.54, 1.807) is 22.9 Å². The highest BCUT2D eigenvalue weighted by atomic mass is 19.1. The monoisotopic (exact) mass is 362 g/mol. The van der Waals surface area contributed by atoms with Gasteiger partial charge in [-0.1, -0.05) is 6.07 Å². The Morgan fingerprint density at radius 2 is 2.00 bits per heavy atom. The van der Waals surface area contributed by atoms with E-state index in [4.69, 9.17) is 0 Å². The third-order valence-electron chi connectivity index (χ3n) is 3.78. The van der Waals surface area contributed by atoms with Gasteiger partial charge in [-0.05, 0) is 44.0 Å². The smallest absolute Gasteiger partial charge is 0.250 e. The zero-order valence-electron chi connectivity index (χ0n) is 14.8. The minimum absolute atomic E-state index is 0.00696. The molecule has 0 aliphatic rings. The average Bonchev–Trinajstić information content (AvgIpc) is 2.63. The number of hydrogen-bond acceptors (Lipinski definition) is 2. The molecule has 0 aliphatic heterocycles. The Morgan fingerprint density at radius 3 is 2.77 bits per heavy atom. The number of aliphatic imine (C=N–C) groups is 1. The molecule has 2 aromatic rings. The molecular formula is C19H24F2N4O. The maximum absolute atomic E-state index is 13.6. The summed E-state index contributed by atoms with van der Waals surface area (Å²) in [5.41, 5.74) is 0.207. The Kier molecular flexibility index (Phi) is 7.79. The van der Waals surface area contributed by atoms with Crippen LogP contribution in [0.3, 0.4) is 0 Å². The van der Waals surface area contributed by atoms with Crippen molar-refractivity contribution in [2.75, 3.05) is 13.1 Å². The first-order valence-corrected chi connectivity index (χ1v) is 8.71. The van der Waals surface area contributed by atoms with E-state index in [0.717, 1.165) is 31.0 Å². The lowest BCUT2D eigenvalue weighted by molar-refractivity contribution is 0.582. The van der Waals surface area contributed by atoms with Gasteiger partial charge in [0.25, 0.3) is 0 Å². The Hall–Kier alpha value is -2.70. The predicted octanol–water partition coefficient (Wildman–Crippen LogP) is 2.66. The highest BCUT2D eigenvalue weighted by Crippen LogP contribution is 2.10. The summed E-state index contributed by atoms with van der Waals surface area (Å²) in [6, 6.07) is 8.44. The van der Waals surface area contributed by atoms with Gasteiger partial charge in [-0.2, -0.15) is 0 Å². The minimum Gasteiger partial charge on any atom is -0.357 e. The van der Waals surface area contributed by atoms with Crippen LogP contribution in [-0.2, 0) is 13.1 Å². The van der Waals surface area contributed by atoms with Gasteiger partial charge in [0.15, 0.2) is 5.96 Å². The zero-order valence-corrected chi connectivity index (χ0v) is 14.8. The van der Waals surface area contributed by atoms with Crippen LogP contribution in [0.15, 0.2) is 52.4 Å². The summed E-state index contributed by atoms with van der Waals surface area (Å²) in [6.07, 6.45) is 3.46. The number of aryl methyl sites for hydroxylation is 1. The summed E-state index contributed by atoms with van der Waals surface area (Å²) in [7, 11) is 0. The van der Waals surface area contributed by atoms with E-state index in [0.29, 0.717) is 25.6 Å². The van der Waals surface area contributed by atoms with Gasteiger partial charge in [-0.3, -0.25) is 4.79 Å². The second kappa shape index (κ2) is 10.3. The third kappa shape index (κ3) is 6.31. The summed E-state index contributed by atoms with van der Waals surface area (Å²) < 4.78 is 28.5. The van der Waals surface area contributed by atoms with Crippen LogP contribution in [0.2, 0.25) is 0 Å². The van der Waals surface area contributed by atoms with Gasteiger partial charge < -0.3 is 15.2 Å². The normalized spacial score (nSPS) is 11.4. The quantitative estimate of drug-likeness (QED) is 0.431. The van der Waals surface area contributed by atoms with E-state index in [-0.39, 0.29) is 17.7 Å². The number of nitrogens with one attached hydrogen (secondary N) is 2. The SMILES string of the molecule is CCNC(=NCc1cc(F)ccc1F)NCCCCn1ccccc1=O. The molecule has 0 saturated heterocycles. The second-order valence-corrected chi connectivity index (χ2v) is 5.80. The van der Waals surface area contributed by atoms with Gasteiger partial charge in [0.1, 0.15) is 11.6 Å². The van der Waals surface area contributed by atoms with Crippen molar-refractivity contribution < 1.29 is 8.78 Å². The summed E-state index contributed by atoms with van der Waals surface area (Å²) in [6.45, 7) is 3.97. The first-order valence-electron chi connectivity index (χ1n) is 8.71. The Morgan fingerprint density at radius 1 is 1.15 bits per heavy atom. The van der Waals surface area contributed by atoms with Crippen molar-refractivity contribution in [3.05, 3.63) is 70.1 Å². The van der Waals surface area contributed by atoms with Crippen molar-refractivity contribution in [2.24, 2.45) is 4.99 Å². The summed E-state index contributed by atoms with van der Waals surface area (Å²) in [5, 5.41) is 6.23. The average molecular weight is 362 g/mol. The Labute approximate surface area is 151 Å². The van der Waals surface area contributed by atoms with E-state index in [2.05, 4.69) is 15.6 Å². The molecule has 2 N–H and O–H groups in total. The van der Waals surface area contributed by atoms with Crippen LogP contribution < -0.4 is 16.2 Å². The van der Waals surface area contributed by atoms with E-state index in [1.807, 2.05) is 13.0 Å². The van der Waals surface area contributed by atoms with E-state index in [9.17, 15) is 13.6 Å². The molecule has 0 amide bonds. The lowest BCUT2D eigenvalue weighted by atomic mass is 10.2. The predicted molar refractivity (Wildman–Crippen MR) is 99.1 cm³/mol. The number of guanidine groups is 1. The molecule has 0 bridgehead atoms.